The maximum atomic E-state index is 12.8. The van der Waals surface area contributed by atoms with Crippen LogP contribution in [-0.2, 0) is 18.4 Å². The van der Waals surface area contributed by atoms with Crippen LogP contribution in [0.2, 0.25) is 0 Å². The molecule has 0 saturated carbocycles. The lowest BCUT2D eigenvalue weighted by Gasteiger charge is -2.24. The zero-order chi connectivity index (χ0) is 41.9. The average molecular weight is 829 g/mol. The van der Waals surface area contributed by atoms with Gasteiger partial charge in [0.15, 0.2) is 0 Å². The van der Waals surface area contributed by atoms with Gasteiger partial charge in [0.25, 0.3) is 0 Å². The summed E-state index contributed by atoms with van der Waals surface area (Å²) in [6.07, 6.45) is 46.9. The van der Waals surface area contributed by atoms with Crippen LogP contribution in [0.1, 0.15) is 232 Å². The fourth-order valence-corrected chi connectivity index (χ4v) is 7.93. The Morgan fingerprint density at radius 1 is 0.596 bits per heavy atom. The molecular weight excluding hydrogens is 735 g/mol. The highest BCUT2D eigenvalue weighted by Gasteiger charge is 2.27. The summed E-state index contributed by atoms with van der Waals surface area (Å²) in [6, 6.07) is -0.983. The van der Waals surface area contributed by atoms with E-state index in [0.29, 0.717) is 6.42 Å². The number of amides is 1. The predicted molar refractivity (Wildman–Crippen MR) is 241 cm³/mol. The Morgan fingerprint density at radius 3 is 1.40 bits per heavy atom. The highest BCUT2D eigenvalue weighted by molar-refractivity contribution is 7.47. The van der Waals surface area contributed by atoms with Gasteiger partial charge in [-0.15, -0.1) is 0 Å². The zero-order valence-electron chi connectivity index (χ0n) is 37.2. The van der Waals surface area contributed by atoms with E-state index in [0.717, 1.165) is 51.4 Å². The van der Waals surface area contributed by atoms with E-state index in [1.165, 1.54) is 154 Å². The molecule has 0 aromatic rings. The van der Waals surface area contributed by atoms with Crippen LogP contribution in [0.15, 0.2) is 24.3 Å². The molecule has 0 fully saturated rings. The summed E-state index contributed by atoms with van der Waals surface area (Å²) in [5.41, 5.74) is 5.37. The van der Waals surface area contributed by atoms with E-state index in [1.54, 1.807) is 6.08 Å². The van der Waals surface area contributed by atoms with E-state index in [2.05, 4.69) is 31.3 Å². The first-order valence-corrected chi connectivity index (χ1v) is 25.5. The fraction of sp³-hybridized carbons (Fsp3) is 0.894. The number of nitrogens with two attached hydrogens (primary N) is 1. The second-order valence-corrected chi connectivity index (χ2v) is 18.0. The Hall–Kier alpha value is -1.06. The normalized spacial score (nSPS) is 14.7. The molecule has 0 aliphatic carbocycles. The Bertz CT molecular complexity index is 966. The minimum absolute atomic E-state index is 0.0491. The van der Waals surface area contributed by atoms with Crippen LogP contribution in [-0.4, -0.2) is 59.0 Å². The molecule has 338 valence electrons. The lowest BCUT2D eigenvalue weighted by Crippen LogP contribution is -2.46. The van der Waals surface area contributed by atoms with Gasteiger partial charge in [-0.05, 0) is 44.9 Å². The van der Waals surface area contributed by atoms with Gasteiger partial charge in [0.2, 0.25) is 5.91 Å². The summed E-state index contributed by atoms with van der Waals surface area (Å²) in [6.45, 7) is 3.99. The minimum Gasteiger partial charge on any atom is -0.393 e. The lowest BCUT2D eigenvalue weighted by atomic mass is 10.0. The molecule has 0 heterocycles. The van der Waals surface area contributed by atoms with Crippen molar-refractivity contribution in [3.05, 3.63) is 24.3 Å². The molecule has 0 aliphatic rings. The molecule has 6 N–H and O–H groups in total. The van der Waals surface area contributed by atoms with Crippen molar-refractivity contribution in [2.24, 2.45) is 5.73 Å². The molecule has 4 atom stereocenters. The van der Waals surface area contributed by atoms with Crippen molar-refractivity contribution in [2.75, 3.05) is 19.8 Å². The van der Waals surface area contributed by atoms with Crippen LogP contribution in [0.25, 0.3) is 0 Å². The number of phosphoric acid groups is 1. The average Bonchev–Trinajstić information content (AvgIpc) is 3.19. The Kier molecular flexibility index (Phi) is 42.2. The number of carbonyl (C=O) groups is 1. The van der Waals surface area contributed by atoms with E-state index in [1.807, 2.05) is 6.08 Å². The molecule has 0 rings (SSSR count). The van der Waals surface area contributed by atoms with Gasteiger partial charge in [0.1, 0.15) is 0 Å². The van der Waals surface area contributed by atoms with Crippen molar-refractivity contribution in [3.63, 3.8) is 0 Å². The van der Waals surface area contributed by atoms with Crippen LogP contribution in [0.3, 0.4) is 0 Å². The van der Waals surface area contributed by atoms with Gasteiger partial charge >= 0.3 is 7.82 Å². The molecule has 0 aliphatic heterocycles. The molecule has 0 bridgehead atoms. The maximum absolute atomic E-state index is 12.8. The molecule has 0 radical (unpaired) electrons. The Balaban J connectivity index is 4.25. The van der Waals surface area contributed by atoms with E-state index in [-0.39, 0.29) is 19.6 Å². The van der Waals surface area contributed by atoms with Gasteiger partial charge in [0.05, 0.1) is 37.9 Å². The number of allylic oxidation sites excluding steroid dienone is 3. The number of aliphatic hydroxyl groups is 2. The van der Waals surface area contributed by atoms with Gasteiger partial charge in [-0.2, -0.15) is 0 Å². The Morgan fingerprint density at radius 2 is 0.982 bits per heavy atom. The molecule has 57 heavy (non-hydrogen) atoms. The number of aliphatic hydroxyl groups excluding tert-OH is 2. The third-order valence-electron chi connectivity index (χ3n) is 10.8. The Labute approximate surface area is 351 Å². The van der Waals surface area contributed by atoms with Crippen molar-refractivity contribution in [3.8, 4) is 0 Å². The first kappa shape index (κ1) is 55.9. The van der Waals surface area contributed by atoms with Crippen LogP contribution in [0.4, 0.5) is 0 Å². The van der Waals surface area contributed by atoms with Crippen molar-refractivity contribution < 1.29 is 33.5 Å². The third kappa shape index (κ3) is 41.5. The van der Waals surface area contributed by atoms with Crippen molar-refractivity contribution >= 4 is 13.7 Å². The van der Waals surface area contributed by atoms with Crippen molar-refractivity contribution in [1.29, 1.82) is 0 Å². The molecule has 4 unspecified atom stereocenters. The monoisotopic (exact) mass is 829 g/mol. The van der Waals surface area contributed by atoms with Crippen molar-refractivity contribution in [1.82, 2.24) is 5.32 Å². The molecule has 9 nitrogen and oxygen atoms in total. The summed E-state index contributed by atoms with van der Waals surface area (Å²) in [5, 5.41) is 24.1. The number of unbranched alkanes of at least 4 members (excludes halogenated alkanes) is 29. The summed E-state index contributed by atoms with van der Waals surface area (Å²) in [7, 11) is -4.40. The SMILES string of the molecule is CCCCCCCC/C=C\CCCCCCCC(O)CC(=O)NC(COP(=O)(O)OCCN)C(O)/C=C/CCCCCCCCCCCCCCCCCCCC. The molecule has 0 aromatic carbocycles. The van der Waals surface area contributed by atoms with E-state index >= 15 is 0 Å². The second-order valence-electron chi connectivity index (χ2n) is 16.5. The predicted octanol–water partition coefficient (Wildman–Crippen LogP) is 12.7. The summed E-state index contributed by atoms with van der Waals surface area (Å²) in [5.74, 6) is -0.449. The van der Waals surface area contributed by atoms with E-state index < -0.39 is 38.6 Å². The highest BCUT2D eigenvalue weighted by Crippen LogP contribution is 2.43. The standard InChI is InChI=1S/C47H93N2O7P/c1-3-5-7-9-11-13-15-17-19-20-21-22-23-25-27-29-31-33-35-37-39-46(51)45(43-56-57(53,54)55-41-40-48)49-47(52)42-44(50)38-36-34-32-30-28-26-24-18-16-14-12-10-8-6-4-2/h18,24,37,39,44-46,50-51H,3-17,19-23,25-36,38,40-43,48H2,1-2H3,(H,49,52)(H,53,54)/b24-18-,39-37+. The van der Waals surface area contributed by atoms with Gasteiger partial charge in [-0.1, -0.05) is 205 Å². The first-order valence-electron chi connectivity index (χ1n) is 24.0. The van der Waals surface area contributed by atoms with Crippen LogP contribution >= 0.6 is 7.82 Å². The van der Waals surface area contributed by atoms with Gasteiger partial charge in [-0.25, -0.2) is 4.57 Å². The highest BCUT2D eigenvalue weighted by atomic mass is 31.2. The van der Waals surface area contributed by atoms with Crippen LogP contribution < -0.4 is 11.1 Å². The number of carbonyl (C=O) groups excluding carboxylic acids is 1. The largest absolute Gasteiger partial charge is 0.472 e. The molecule has 0 spiro atoms. The molecular formula is C47H93N2O7P. The fourth-order valence-electron chi connectivity index (χ4n) is 7.17. The van der Waals surface area contributed by atoms with Gasteiger partial charge in [-0.3, -0.25) is 13.8 Å². The molecule has 0 saturated heterocycles. The van der Waals surface area contributed by atoms with E-state index in [9.17, 15) is 24.5 Å². The second kappa shape index (κ2) is 43.0. The quantitative estimate of drug-likeness (QED) is 0.0231. The zero-order valence-corrected chi connectivity index (χ0v) is 38.1. The third-order valence-corrected chi connectivity index (χ3v) is 11.8. The van der Waals surface area contributed by atoms with Crippen molar-refractivity contribution in [2.45, 2.75) is 250 Å². The number of phosphoric ester groups is 1. The summed E-state index contributed by atoms with van der Waals surface area (Å²) >= 11 is 0. The van der Waals surface area contributed by atoms with E-state index in [4.69, 9.17) is 14.8 Å². The number of hydrogen-bond acceptors (Lipinski definition) is 7. The number of rotatable bonds is 45. The van der Waals surface area contributed by atoms with Gasteiger partial charge < -0.3 is 26.2 Å². The molecule has 0 aromatic heterocycles. The summed E-state index contributed by atoms with van der Waals surface area (Å²) < 4.78 is 22.1. The minimum atomic E-state index is -4.40. The summed E-state index contributed by atoms with van der Waals surface area (Å²) in [4.78, 5) is 22.8. The molecule has 10 heteroatoms. The lowest BCUT2D eigenvalue weighted by molar-refractivity contribution is -0.124. The first-order chi connectivity index (χ1) is 27.8. The molecule has 1 amide bonds. The topological polar surface area (TPSA) is 151 Å². The van der Waals surface area contributed by atoms with Crippen LogP contribution in [0, 0.1) is 0 Å². The van der Waals surface area contributed by atoms with Crippen LogP contribution in [0.5, 0.6) is 0 Å². The number of hydrogen-bond donors (Lipinski definition) is 5. The number of nitrogens with one attached hydrogen (secondary N) is 1. The van der Waals surface area contributed by atoms with Gasteiger partial charge in [0, 0.05) is 6.54 Å². The maximum Gasteiger partial charge on any atom is 0.472 e. The smallest absolute Gasteiger partial charge is 0.393 e.